The van der Waals surface area contributed by atoms with Crippen LogP contribution in [-0.2, 0) is 52.4 Å². The molecule has 7 rings (SSSR count). The summed E-state index contributed by atoms with van der Waals surface area (Å²) in [5.41, 5.74) is -5.68. The lowest BCUT2D eigenvalue weighted by Gasteiger charge is -2.63. The number of anilines is 1. The highest BCUT2D eigenvalue weighted by atomic mass is 32.2. The number of aliphatic hydroxyl groups is 2. The van der Waals surface area contributed by atoms with E-state index < -0.39 is 88.0 Å². The Hall–Kier alpha value is -4.09. The molecule has 1 heterocycles. The number of thioether (sulfide) groups is 1. The van der Waals surface area contributed by atoms with E-state index in [1.807, 2.05) is 49.4 Å². The van der Waals surface area contributed by atoms with Crippen LogP contribution in [0.25, 0.3) is 0 Å². The number of carboxylic acids is 1. The van der Waals surface area contributed by atoms with Crippen LogP contribution in [0.1, 0.15) is 90.9 Å². The van der Waals surface area contributed by atoms with Gasteiger partial charge in [0.15, 0.2) is 29.1 Å². The van der Waals surface area contributed by atoms with Gasteiger partial charge in [-0.3, -0.25) is 24.0 Å². The van der Waals surface area contributed by atoms with E-state index in [1.54, 1.807) is 13.0 Å². The first-order valence-corrected chi connectivity index (χ1v) is 27.7. The number of amides is 2. The Morgan fingerprint density at radius 3 is 2.27 bits per heavy atom. The fourth-order valence-corrected chi connectivity index (χ4v) is 14.1. The Morgan fingerprint density at radius 1 is 0.920 bits per heavy atom. The topological polar surface area (TPSA) is 225 Å². The van der Waals surface area contributed by atoms with Crippen LogP contribution in [0.5, 0.6) is 0 Å². The Labute approximate surface area is 445 Å². The number of halogens is 2. The van der Waals surface area contributed by atoms with Gasteiger partial charge in [0.2, 0.25) is 11.8 Å². The molecule has 2 unspecified atom stereocenters. The van der Waals surface area contributed by atoms with E-state index in [1.165, 1.54) is 42.6 Å². The van der Waals surface area contributed by atoms with Crippen molar-refractivity contribution in [2.45, 2.75) is 135 Å². The summed E-state index contributed by atoms with van der Waals surface area (Å²) in [6.07, 6.45) is 1.06. The molecular formula is C55H72F2N2O14S2. The number of ketones is 2. The van der Waals surface area contributed by atoms with Gasteiger partial charge in [-0.25, -0.2) is 8.78 Å². The van der Waals surface area contributed by atoms with E-state index >= 15 is 8.78 Å². The number of fused-ring (bicyclic) bond motifs is 7. The minimum Gasteiger partial charge on any atom is -0.481 e. The second-order valence-electron chi connectivity index (χ2n) is 20.4. The zero-order valence-electron chi connectivity index (χ0n) is 43.1. The number of aliphatic carboxylic acids is 1. The first-order valence-electron chi connectivity index (χ1n) is 26.0. The molecule has 1 aliphatic heterocycles. The molecule has 0 radical (unpaired) electrons. The van der Waals surface area contributed by atoms with Crippen molar-refractivity contribution < 1.29 is 76.5 Å². The third kappa shape index (κ3) is 12.9. The van der Waals surface area contributed by atoms with Crippen LogP contribution in [0, 0.1) is 22.7 Å². The Kier molecular flexibility index (Phi) is 20.3. The molecule has 1 saturated heterocycles. The molecule has 5 aliphatic rings. The molecular weight excluding hydrogens is 1010 g/mol. The second-order valence-corrected chi connectivity index (χ2v) is 23.2. The van der Waals surface area contributed by atoms with Crippen LogP contribution >= 0.6 is 23.5 Å². The highest BCUT2D eigenvalue weighted by Crippen LogP contribution is 2.72. The number of nitrogens with one attached hydrogen (secondary N) is 2. The van der Waals surface area contributed by atoms with Crippen LogP contribution in [0.2, 0.25) is 0 Å². The molecule has 20 heteroatoms. The minimum absolute atomic E-state index is 0.00974. The summed E-state index contributed by atoms with van der Waals surface area (Å²) in [5, 5.41) is 36.6. The number of aliphatic hydroxyl groups excluding tert-OH is 2. The number of unbranched alkanes of at least 4 members (excludes halogenated alkanes) is 1. The monoisotopic (exact) mass is 1090 g/mol. The van der Waals surface area contributed by atoms with Gasteiger partial charge >= 0.3 is 5.97 Å². The van der Waals surface area contributed by atoms with Gasteiger partial charge in [0.1, 0.15) is 12.8 Å². The number of carbonyl (C=O) groups is 5. The summed E-state index contributed by atoms with van der Waals surface area (Å²) in [4.78, 5) is 64.5. The minimum atomic E-state index is -2.34. The fraction of sp³-hybridized carbons (Fsp3) is 0.618. The van der Waals surface area contributed by atoms with Crippen LogP contribution in [0.15, 0.2) is 82.1 Å². The van der Waals surface area contributed by atoms with Crippen molar-refractivity contribution in [3.05, 3.63) is 77.9 Å². The van der Waals surface area contributed by atoms with Crippen LogP contribution in [0.4, 0.5) is 14.5 Å². The maximum atomic E-state index is 17.8. The quantitative estimate of drug-likeness (QED) is 0.0510. The maximum absolute atomic E-state index is 17.8. The molecule has 412 valence electrons. The summed E-state index contributed by atoms with van der Waals surface area (Å²) in [5.74, 6) is -4.30. The van der Waals surface area contributed by atoms with E-state index in [0.717, 1.165) is 35.1 Å². The third-order valence-electron chi connectivity index (χ3n) is 15.6. The normalized spacial score (nSPS) is 30.3. The standard InChI is InChI=1S/C55H72F2N2O14S2/c1-5-6-8-34(2)74-44(31-49(65)66)50(67)58-18-20-69-22-24-71-26-25-70-23-21-68-19-16-48(64)59-36-9-7-10-39(27-36)75-38-13-11-35(12-14-38)51-72-47-30-40-41-29-43(56)42-28-37(61)15-17-52(42,3)54(41,57)45(62)32-53(40,4)55(47,73-51)46(63)33-60/h7,9-15,17,27-28,34,40-41,43-45,47,51,60,62H,5-6,8,16,18-26,29-33H2,1-4H3,(H,58,67)(H,59,64)(H,65,66)/t34?,40-,41-,43-,44?,45-,47+,51+,52-,53-,54-,55+/m0/s1. The van der Waals surface area contributed by atoms with E-state index in [9.17, 15) is 39.3 Å². The van der Waals surface area contributed by atoms with Crippen molar-refractivity contribution in [1.29, 1.82) is 0 Å². The molecule has 2 aromatic carbocycles. The van der Waals surface area contributed by atoms with Crippen molar-refractivity contribution in [1.82, 2.24) is 5.32 Å². The lowest BCUT2D eigenvalue weighted by molar-refractivity contribution is -0.235. The van der Waals surface area contributed by atoms with Gasteiger partial charge in [-0.1, -0.05) is 69.6 Å². The number of hydrogen-bond donors (Lipinski definition) is 5. The van der Waals surface area contributed by atoms with E-state index in [-0.39, 0.29) is 74.5 Å². The van der Waals surface area contributed by atoms with Gasteiger partial charge < -0.3 is 54.4 Å². The molecule has 16 nitrogen and oxygen atoms in total. The smallest absolute Gasteiger partial charge is 0.305 e. The van der Waals surface area contributed by atoms with Crippen LogP contribution in [0.3, 0.4) is 0 Å². The average molecular weight is 1090 g/mol. The molecule has 4 aliphatic carbocycles. The largest absolute Gasteiger partial charge is 0.481 e. The molecule has 12 atom stereocenters. The van der Waals surface area contributed by atoms with Crippen molar-refractivity contribution in [2.24, 2.45) is 22.7 Å². The van der Waals surface area contributed by atoms with Crippen molar-refractivity contribution in [2.75, 3.05) is 71.3 Å². The number of carboxylic acid groups (broad SMARTS) is 1. The predicted octanol–water partition coefficient (Wildman–Crippen LogP) is 7.15. The SMILES string of the molecule is CCCCC(C)SC(CC(=O)O)C(=O)NCCOCCOCCOCCOCCC(=O)Nc1cccc(Sc2ccc([C@@H]3O[C@@H]4C[C@H]5[C@@H]6C[C@H](F)C7=CC(=O)C=C[C@]7(C)[C@@]6(F)[C@@H](O)C[C@]5(C)[C@]4(C(=O)CO)O3)cc2)c1. The highest BCUT2D eigenvalue weighted by Gasteiger charge is 2.80. The fourth-order valence-electron chi connectivity index (χ4n) is 11.9. The molecule has 5 N–H and O–H groups in total. The number of allylic oxidation sites excluding steroid dienone is 4. The Balaban J connectivity index is 0.786. The van der Waals surface area contributed by atoms with Gasteiger partial charge in [-0.15, -0.1) is 11.8 Å². The molecule has 0 aromatic heterocycles. The average Bonchev–Trinajstić information content (AvgIpc) is 3.95. The summed E-state index contributed by atoms with van der Waals surface area (Å²) < 4.78 is 69.0. The number of rotatable bonds is 29. The van der Waals surface area contributed by atoms with Gasteiger partial charge in [0.25, 0.3) is 0 Å². The van der Waals surface area contributed by atoms with Crippen molar-refractivity contribution in [3.8, 4) is 0 Å². The number of alkyl halides is 2. The van der Waals surface area contributed by atoms with Crippen molar-refractivity contribution >= 4 is 58.6 Å². The maximum Gasteiger partial charge on any atom is 0.305 e. The Morgan fingerprint density at radius 2 is 1.60 bits per heavy atom. The summed E-state index contributed by atoms with van der Waals surface area (Å²) >= 11 is 2.86. The summed E-state index contributed by atoms with van der Waals surface area (Å²) in [7, 11) is 0. The van der Waals surface area contributed by atoms with Gasteiger partial charge in [0, 0.05) is 49.6 Å². The molecule has 0 bridgehead atoms. The number of benzene rings is 2. The molecule has 0 spiro atoms. The van der Waals surface area contributed by atoms with Crippen molar-refractivity contribution in [3.63, 3.8) is 0 Å². The number of carbonyl (C=O) groups excluding carboxylic acids is 4. The molecule has 4 fully saturated rings. The van der Waals surface area contributed by atoms with Gasteiger partial charge in [-0.05, 0) is 86.6 Å². The first kappa shape index (κ1) is 58.6. The molecule has 2 amide bonds. The molecule has 3 saturated carbocycles. The molecule has 2 aromatic rings. The second kappa shape index (κ2) is 26.0. The van der Waals surface area contributed by atoms with E-state index in [4.69, 9.17) is 28.4 Å². The lowest BCUT2D eigenvalue weighted by atomic mass is 9.44. The van der Waals surface area contributed by atoms with Crippen LogP contribution < -0.4 is 10.6 Å². The number of hydrogen-bond acceptors (Lipinski definition) is 15. The number of Topliss-reactive ketones (excluding diaryl/α,β-unsaturated/α-hetero) is 1. The third-order valence-corrected chi connectivity index (χ3v) is 18.0. The van der Waals surface area contributed by atoms with Gasteiger partial charge in [0.05, 0.1) is 83.2 Å². The predicted molar refractivity (Wildman–Crippen MR) is 277 cm³/mol. The summed E-state index contributed by atoms with van der Waals surface area (Å²) in [6.45, 7) is 9.24. The number of ether oxygens (including phenoxy) is 6. The molecule has 75 heavy (non-hydrogen) atoms. The highest BCUT2D eigenvalue weighted by molar-refractivity contribution is 8.01. The van der Waals surface area contributed by atoms with Gasteiger partial charge in [-0.2, -0.15) is 0 Å². The zero-order valence-corrected chi connectivity index (χ0v) is 44.7. The first-order chi connectivity index (χ1) is 35.9. The van der Waals surface area contributed by atoms with E-state index in [2.05, 4.69) is 17.6 Å². The zero-order chi connectivity index (χ0) is 54.0. The van der Waals surface area contributed by atoms with E-state index in [0.29, 0.717) is 50.9 Å². The lowest BCUT2D eigenvalue weighted by Crippen LogP contribution is -2.70. The van der Waals surface area contributed by atoms with Crippen LogP contribution in [-0.4, -0.2) is 151 Å². The summed E-state index contributed by atoms with van der Waals surface area (Å²) in [6, 6.07) is 14.7. The Bertz CT molecular complexity index is 2400.